The smallest absolute Gasteiger partial charge is 0.355 e. The normalized spacial score (nSPS) is 13.5. The first kappa shape index (κ1) is 48.2. The van der Waals surface area contributed by atoms with Gasteiger partial charge in [-0.2, -0.15) is 15.2 Å². The van der Waals surface area contributed by atoms with E-state index >= 15 is 0 Å². The predicted octanol–water partition coefficient (Wildman–Crippen LogP) is 9.50. The zero-order valence-electron chi connectivity index (χ0n) is 41.4. The maximum absolute atomic E-state index is 14.4. The van der Waals surface area contributed by atoms with Gasteiger partial charge in [0.1, 0.15) is 22.5 Å². The van der Waals surface area contributed by atoms with Crippen LogP contribution in [-0.2, 0) is 34.2 Å². The number of amidine groups is 1. The first-order chi connectivity index (χ1) is 36.7. The second-order valence-electron chi connectivity index (χ2n) is 18.4. The quantitative estimate of drug-likeness (QED) is 0.101. The number of aliphatic imine (C=N–C) groups is 1. The maximum atomic E-state index is 14.4. The van der Waals surface area contributed by atoms with E-state index in [1.165, 1.54) is 9.13 Å². The van der Waals surface area contributed by atoms with Crippen molar-refractivity contribution < 1.29 is 5.11 Å². The predicted molar refractivity (Wildman–Crippen MR) is 300 cm³/mol. The van der Waals surface area contributed by atoms with E-state index in [4.69, 9.17) is 44.8 Å². The number of nitriles is 1. The molecule has 0 fully saturated rings. The number of aromatic nitrogens is 9. The summed E-state index contributed by atoms with van der Waals surface area (Å²) >= 11 is 19.7. The number of pyridine rings is 2. The number of rotatable bonds is 10. The average Bonchev–Trinajstić information content (AvgIpc) is 3.98. The third-order valence-electron chi connectivity index (χ3n) is 13.9. The SMILES string of the molecule is CCNC1=NC(O)N(c2ccc(CNc3nc(=O)n(-c4ccc(CNc5nc(=O)n(-c6cccc(C#N)c6)c6c7cc(Cl)ccc7n(C)c56)cn4)c4c5cc(Cl)ccc5n(C)c34)nc2C)c2c1n(C)c1ccc(Cl)cc21. The van der Waals surface area contributed by atoms with Gasteiger partial charge in [-0.1, -0.05) is 46.9 Å². The van der Waals surface area contributed by atoms with Crippen molar-refractivity contribution in [2.24, 2.45) is 26.1 Å². The lowest BCUT2D eigenvalue weighted by Gasteiger charge is -2.33. The molecule has 0 aliphatic carbocycles. The minimum absolute atomic E-state index is 0.201. The zero-order chi connectivity index (χ0) is 52.8. The number of nitrogens with zero attached hydrogens (tertiary/aromatic N) is 12. The van der Waals surface area contributed by atoms with Gasteiger partial charge >= 0.3 is 11.4 Å². The molecule has 21 heteroatoms. The van der Waals surface area contributed by atoms with Crippen LogP contribution < -0.4 is 32.2 Å². The first-order valence-corrected chi connectivity index (χ1v) is 25.2. The largest absolute Gasteiger partial charge is 0.369 e. The molecule has 0 bridgehead atoms. The monoisotopic (exact) mass is 1070 g/mol. The molecule has 0 spiro atoms. The first-order valence-electron chi connectivity index (χ1n) is 24.1. The van der Waals surface area contributed by atoms with Gasteiger partial charge in [-0.25, -0.2) is 24.1 Å². The lowest BCUT2D eigenvalue weighted by molar-refractivity contribution is 0.189. The van der Waals surface area contributed by atoms with Crippen LogP contribution >= 0.6 is 34.8 Å². The van der Waals surface area contributed by atoms with Crippen LogP contribution in [0.15, 0.2) is 124 Å². The van der Waals surface area contributed by atoms with Gasteiger partial charge < -0.3 is 34.8 Å². The summed E-state index contributed by atoms with van der Waals surface area (Å²) in [4.78, 5) is 53.7. The van der Waals surface area contributed by atoms with Crippen LogP contribution in [0.4, 0.5) is 23.0 Å². The van der Waals surface area contributed by atoms with E-state index in [2.05, 4.69) is 37.0 Å². The summed E-state index contributed by atoms with van der Waals surface area (Å²) in [5.74, 6) is 1.57. The van der Waals surface area contributed by atoms with Crippen LogP contribution in [0.3, 0.4) is 0 Å². The van der Waals surface area contributed by atoms with Gasteiger partial charge in [-0.3, -0.25) is 14.5 Å². The number of benzene rings is 4. The Kier molecular flexibility index (Phi) is 11.8. The Balaban J connectivity index is 0.863. The zero-order valence-corrected chi connectivity index (χ0v) is 43.6. The number of aliphatic hydroxyl groups excluding tert-OH is 1. The molecule has 76 heavy (non-hydrogen) atoms. The Morgan fingerprint density at radius 3 is 1.88 bits per heavy atom. The molecular weight excluding hydrogens is 1030 g/mol. The fourth-order valence-corrected chi connectivity index (χ4v) is 11.1. The molecule has 1 aliphatic heterocycles. The summed E-state index contributed by atoms with van der Waals surface area (Å²) in [6.45, 7) is 4.89. The molecule has 8 heterocycles. The summed E-state index contributed by atoms with van der Waals surface area (Å²) in [5.41, 5.74) is 8.98. The maximum Gasteiger partial charge on any atom is 0.355 e. The van der Waals surface area contributed by atoms with Crippen LogP contribution in [0.1, 0.15) is 35.1 Å². The number of nitrogens with one attached hydrogen (secondary N) is 3. The molecule has 378 valence electrons. The van der Waals surface area contributed by atoms with Crippen molar-refractivity contribution in [1.29, 1.82) is 5.26 Å². The van der Waals surface area contributed by atoms with Crippen molar-refractivity contribution in [1.82, 2.24) is 48.1 Å². The fourth-order valence-electron chi connectivity index (χ4n) is 10.6. The van der Waals surface area contributed by atoms with Crippen LogP contribution in [-0.4, -0.2) is 66.6 Å². The van der Waals surface area contributed by atoms with Crippen molar-refractivity contribution >= 4 is 118 Å². The molecular formula is C55H44Cl3N15O3. The molecule has 0 saturated heterocycles. The van der Waals surface area contributed by atoms with E-state index in [0.717, 1.165) is 44.3 Å². The molecule has 11 aromatic rings. The number of halogens is 3. The van der Waals surface area contributed by atoms with E-state index in [-0.39, 0.29) is 13.1 Å². The Bertz CT molecular complexity index is 4450. The van der Waals surface area contributed by atoms with Gasteiger partial charge in [-0.15, -0.1) is 0 Å². The summed E-state index contributed by atoms with van der Waals surface area (Å²) in [5, 5.41) is 35.2. The molecule has 1 atom stereocenters. The van der Waals surface area contributed by atoms with Crippen molar-refractivity contribution in [3.63, 3.8) is 0 Å². The van der Waals surface area contributed by atoms with Gasteiger partial charge in [0.2, 0.25) is 6.35 Å². The molecule has 1 unspecified atom stereocenters. The van der Waals surface area contributed by atoms with Gasteiger partial charge in [0.15, 0.2) is 17.5 Å². The minimum Gasteiger partial charge on any atom is -0.369 e. The van der Waals surface area contributed by atoms with Crippen molar-refractivity contribution in [2.45, 2.75) is 33.3 Å². The molecule has 0 saturated carbocycles. The van der Waals surface area contributed by atoms with E-state index in [9.17, 15) is 20.0 Å². The number of hydrogen-bond acceptors (Lipinski definition) is 13. The van der Waals surface area contributed by atoms with Crippen LogP contribution in [0, 0.1) is 18.3 Å². The van der Waals surface area contributed by atoms with Crippen LogP contribution in [0.2, 0.25) is 15.1 Å². The third kappa shape index (κ3) is 7.77. The Hall–Kier alpha value is -8.73. The van der Waals surface area contributed by atoms with Crippen LogP contribution in [0.25, 0.3) is 66.3 Å². The van der Waals surface area contributed by atoms with E-state index in [1.54, 1.807) is 53.6 Å². The Morgan fingerprint density at radius 1 is 0.671 bits per heavy atom. The molecule has 18 nitrogen and oxygen atoms in total. The molecule has 4 aromatic carbocycles. The standard InChI is InChI=1S/C55H44Cl3N15O3/c1-6-60-50-48-45(37-22-32(57)12-16-41(37)69(48)4)72(54(75)65-50)39-18-14-34(64-28(39)2)27-63-52-49-46(38-23-33(58)13-17-42(38)70(49)5)73(55(76)67-52)43-19-10-30(25-61-43)26-62-51-47-44(36-21-31(56)11-15-40(36)68(47)3)71(53(74)66-51)35-9-7-8-29(20-35)24-59/h7-23,25,54,75H,6,26-27H2,1-5H3,(H,60,65)(H,62,66,74)(H,63,67,76). The molecule has 1 aliphatic rings. The highest BCUT2D eigenvalue weighted by molar-refractivity contribution is 6.33. The molecule has 0 radical (unpaired) electrons. The summed E-state index contributed by atoms with van der Waals surface area (Å²) in [6, 6.07) is 33.0. The topological polar surface area (TPSA) is 206 Å². The second-order valence-corrected chi connectivity index (χ2v) is 19.7. The van der Waals surface area contributed by atoms with Gasteiger partial charge in [0, 0.05) is 71.7 Å². The highest BCUT2D eigenvalue weighted by Gasteiger charge is 2.34. The fraction of sp³-hybridized carbons (Fsp3) is 0.164. The highest BCUT2D eigenvalue weighted by Crippen LogP contribution is 2.43. The molecule has 12 rings (SSSR count). The lowest BCUT2D eigenvalue weighted by atomic mass is 10.1. The van der Waals surface area contributed by atoms with E-state index in [0.29, 0.717) is 101 Å². The number of anilines is 4. The number of hydrogen-bond donors (Lipinski definition) is 4. The van der Waals surface area contributed by atoms with Crippen molar-refractivity contribution in [3.8, 4) is 17.6 Å². The lowest BCUT2D eigenvalue weighted by Crippen LogP contribution is -2.40. The second kappa shape index (κ2) is 18.6. The Morgan fingerprint density at radius 2 is 1.28 bits per heavy atom. The molecule has 4 N–H and O–H groups in total. The Labute approximate surface area is 447 Å². The number of aryl methyl sites for hydroxylation is 4. The van der Waals surface area contributed by atoms with E-state index < -0.39 is 17.7 Å². The molecule has 7 aromatic heterocycles. The van der Waals surface area contributed by atoms with Crippen molar-refractivity contribution in [3.05, 3.63) is 174 Å². The summed E-state index contributed by atoms with van der Waals surface area (Å²) < 4.78 is 8.92. The summed E-state index contributed by atoms with van der Waals surface area (Å²) in [7, 11) is 5.76. The minimum atomic E-state index is -1.25. The number of fused-ring (bicyclic) bond motifs is 9. The summed E-state index contributed by atoms with van der Waals surface area (Å²) in [6.07, 6.45) is 0.405. The van der Waals surface area contributed by atoms with Crippen LogP contribution in [0.5, 0.6) is 0 Å². The third-order valence-corrected chi connectivity index (χ3v) is 14.6. The van der Waals surface area contributed by atoms with Gasteiger partial charge in [0.25, 0.3) is 0 Å². The van der Waals surface area contributed by atoms with Gasteiger partial charge in [-0.05, 0) is 110 Å². The number of aliphatic hydroxyl groups is 1. The highest BCUT2D eigenvalue weighted by atomic mass is 35.5. The van der Waals surface area contributed by atoms with E-state index in [1.807, 2.05) is 109 Å². The molecule has 0 amide bonds. The van der Waals surface area contributed by atoms with Gasteiger partial charge in [0.05, 0.1) is 74.2 Å². The van der Waals surface area contributed by atoms with Crippen molar-refractivity contribution in [2.75, 3.05) is 22.1 Å². The average molecular weight is 1070 g/mol.